The van der Waals surface area contributed by atoms with Crippen molar-refractivity contribution in [1.82, 2.24) is 0 Å². The molecule has 0 spiro atoms. The van der Waals surface area contributed by atoms with Crippen LogP contribution in [-0.2, 0) is 10.8 Å². The van der Waals surface area contributed by atoms with Crippen LogP contribution in [0, 0.1) is 0 Å². The van der Waals surface area contributed by atoms with Gasteiger partial charge in [-0.2, -0.15) is 0 Å². The molecule has 0 aliphatic heterocycles. The molecular weight excluding hydrogens is 284 g/mol. The topological polar surface area (TPSA) is 0 Å². The maximum absolute atomic E-state index is 3.44. The first kappa shape index (κ1) is 15.5. The number of allylic oxidation sites excluding steroid dienone is 1. The molecule has 0 bridgehead atoms. The Morgan fingerprint density at radius 3 is 1.67 bits per heavy atom. The van der Waals surface area contributed by atoms with Crippen molar-refractivity contribution >= 4 is 22.0 Å². The molecule has 1 aromatic carbocycles. The molecule has 0 saturated heterocycles. The van der Waals surface area contributed by atoms with Gasteiger partial charge in [0.2, 0.25) is 0 Å². The fraction of sp³-hybridized carbons (Fsp3) is 0.529. The summed E-state index contributed by atoms with van der Waals surface area (Å²) in [5, 5.41) is 0.900. The molecule has 100 valence electrons. The van der Waals surface area contributed by atoms with Crippen molar-refractivity contribution < 1.29 is 0 Å². The molecule has 0 fully saturated rings. The third-order valence-electron chi connectivity index (χ3n) is 3.09. The second-order valence-corrected chi connectivity index (χ2v) is 7.55. The van der Waals surface area contributed by atoms with E-state index in [0.29, 0.717) is 0 Å². The molecule has 0 atom stereocenters. The van der Waals surface area contributed by atoms with Crippen LogP contribution in [0.2, 0.25) is 0 Å². The van der Waals surface area contributed by atoms with E-state index >= 15 is 0 Å². The van der Waals surface area contributed by atoms with Gasteiger partial charge in [-0.1, -0.05) is 87.8 Å². The van der Waals surface area contributed by atoms with E-state index in [1.165, 1.54) is 16.7 Å². The van der Waals surface area contributed by atoms with Crippen LogP contribution >= 0.6 is 15.9 Å². The minimum atomic E-state index is 0.193. The molecule has 0 amide bonds. The number of rotatable bonds is 2. The predicted octanol–water partition coefficient (Wildman–Crippen LogP) is 5.69. The fourth-order valence-electron chi connectivity index (χ4n) is 1.79. The monoisotopic (exact) mass is 308 g/mol. The summed E-state index contributed by atoms with van der Waals surface area (Å²) in [5.74, 6) is 0. The van der Waals surface area contributed by atoms with Crippen LogP contribution in [0.25, 0.3) is 6.08 Å². The zero-order valence-corrected chi connectivity index (χ0v) is 14.1. The van der Waals surface area contributed by atoms with Gasteiger partial charge >= 0.3 is 0 Å². The summed E-state index contributed by atoms with van der Waals surface area (Å²) in [4.78, 5) is 0. The first-order valence-corrected chi connectivity index (χ1v) is 7.65. The van der Waals surface area contributed by atoms with E-state index in [9.17, 15) is 0 Å². The van der Waals surface area contributed by atoms with Gasteiger partial charge in [0.15, 0.2) is 0 Å². The molecule has 0 N–H and O–H groups in total. The molecule has 0 nitrogen and oxygen atoms in total. The molecule has 1 aromatic rings. The van der Waals surface area contributed by atoms with E-state index in [-0.39, 0.29) is 10.8 Å². The maximum atomic E-state index is 3.44. The predicted molar refractivity (Wildman–Crippen MR) is 86.7 cm³/mol. The van der Waals surface area contributed by atoms with Gasteiger partial charge in [0.05, 0.1) is 0 Å². The fourth-order valence-corrected chi connectivity index (χ4v) is 1.98. The van der Waals surface area contributed by atoms with Crippen molar-refractivity contribution in [2.75, 3.05) is 5.33 Å². The minimum Gasteiger partial charge on any atom is -0.0883 e. The summed E-state index contributed by atoms with van der Waals surface area (Å²) >= 11 is 3.44. The Balaban J connectivity index is 3.34. The third-order valence-corrected chi connectivity index (χ3v) is 3.46. The van der Waals surface area contributed by atoms with Crippen molar-refractivity contribution in [1.29, 1.82) is 0 Å². The Hall–Kier alpha value is -0.560. The second kappa shape index (κ2) is 5.61. The first-order chi connectivity index (χ1) is 8.14. The summed E-state index contributed by atoms with van der Waals surface area (Å²) in [5.41, 5.74) is 4.50. The highest BCUT2D eigenvalue weighted by Crippen LogP contribution is 2.30. The second-order valence-electron chi connectivity index (χ2n) is 6.90. The summed E-state index contributed by atoms with van der Waals surface area (Å²) in [6.07, 6.45) is 4.34. The van der Waals surface area contributed by atoms with Crippen molar-refractivity contribution in [2.24, 2.45) is 0 Å². The van der Waals surface area contributed by atoms with Crippen molar-refractivity contribution in [2.45, 2.75) is 52.4 Å². The first-order valence-electron chi connectivity index (χ1n) is 6.53. The Labute approximate surface area is 121 Å². The van der Waals surface area contributed by atoms with Gasteiger partial charge < -0.3 is 0 Å². The molecule has 0 heterocycles. The summed E-state index contributed by atoms with van der Waals surface area (Å²) in [7, 11) is 0. The SMILES string of the molecule is CC(C)(C)c1cc(C=CCBr)cc(C(C)(C)C)c1. The van der Waals surface area contributed by atoms with Crippen LogP contribution in [0.4, 0.5) is 0 Å². The Kier molecular flexibility index (Phi) is 4.83. The minimum absolute atomic E-state index is 0.193. The quantitative estimate of drug-likeness (QED) is 0.616. The van der Waals surface area contributed by atoms with Gasteiger partial charge in [-0.05, 0) is 27.5 Å². The molecule has 0 aliphatic carbocycles. The van der Waals surface area contributed by atoms with E-state index in [4.69, 9.17) is 0 Å². The van der Waals surface area contributed by atoms with Gasteiger partial charge in [-0.15, -0.1) is 0 Å². The Morgan fingerprint density at radius 1 is 0.889 bits per heavy atom. The Morgan fingerprint density at radius 2 is 1.33 bits per heavy atom. The van der Waals surface area contributed by atoms with Gasteiger partial charge in [0.1, 0.15) is 0 Å². The van der Waals surface area contributed by atoms with Gasteiger partial charge in [0, 0.05) is 5.33 Å². The van der Waals surface area contributed by atoms with Crippen LogP contribution in [-0.4, -0.2) is 5.33 Å². The highest BCUT2D eigenvalue weighted by molar-refractivity contribution is 9.09. The number of benzene rings is 1. The number of hydrogen-bond donors (Lipinski definition) is 0. The summed E-state index contributed by atoms with van der Waals surface area (Å²) < 4.78 is 0. The average molecular weight is 309 g/mol. The number of alkyl halides is 1. The van der Waals surface area contributed by atoms with Crippen molar-refractivity contribution in [3.8, 4) is 0 Å². The molecule has 0 unspecified atom stereocenters. The molecular formula is C17H25Br. The van der Waals surface area contributed by atoms with Crippen LogP contribution < -0.4 is 0 Å². The zero-order valence-electron chi connectivity index (χ0n) is 12.5. The molecule has 18 heavy (non-hydrogen) atoms. The van der Waals surface area contributed by atoms with Crippen LogP contribution in [0.15, 0.2) is 24.3 Å². The summed E-state index contributed by atoms with van der Waals surface area (Å²) in [6.45, 7) is 13.6. The average Bonchev–Trinajstić information content (AvgIpc) is 2.23. The lowest BCUT2D eigenvalue weighted by atomic mass is 9.79. The van der Waals surface area contributed by atoms with E-state index < -0.39 is 0 Å². The lowest BCUT2D eigenvalue weighted by Crippen LogP contribution is -2.16. The standard InChI is InChI=1S/C17H25Br/c1-16(2,3)14-10-13(8-7-9-18)11-15(12-14)17(4,5)6/h7-8,10-12H,9H2,1-6H3. The van der Waals surface area contributed by atoms with Crippen LogP contribution in [0.5, 0.6) is 0 Å². The van der Waals surface area contributed by atoms with E-state index in [1.807, 2.05) is 0 Å². The van der Waals surface area contributed by atoms with E-state index in [0.717, 1.165) is 5.33 Å². The molecule has 0 aliphatic rings. The third kappa shape index (κ3) is 4.28. The normalized spacial score (nSPS) is 13.3. The highest BCUT2D eigenvalue weighted by Gasteiger charge is 2.19. The Bertz CT molecular complexity index is 396. The van der Waals surface area contributed by atoms with Crippen molar-refractivity contribution in [3.05, 3.63) is 41.0 Å². The van der Waals surface area contributed by atoms with Crippen LogP contribution in [0.3, 0.4) is 0 Å². The number of halogens is 1. The largest absolute Gasteiger partial charge is 0.0883 e. The smallest absolute Gasteiger partial charge is 0.0215 e. The zero-order chi connectivity index (χ0) is 14.0. The molecule has 0 aromatic heterocycles. The lowest BCUT2D eigenvalue weighted by molar-refractivity contribution is 0.568. The van der Waals surface area contributed by atoms with Crippen LogP contribution in [0.1, 0.15) is 58.2 Å². The lowest BCUT2D eigenvalue weighted by Gasteiger charge is -2.25. The number of hydrogen-bond acceptors (Lipinski definition) is 0. The van der Waals surface area contributed by atoms with E-state index in [1.54, 1.807) is 0 Å². The molecule has 1 heteroatoms. The molecule has 0 saturated carbocycles. The van der Waals surface area contributed by atoms with E-state index in [2.05, 4.69) is 87.8 Å². The molecule has 0 radical (unpaired) electrons. The van der Waals surface area contributed by atoms with Gasteiger partial charge in [-0.3, -0.25) is 0 Å². The summed E-state index contributed by atoms with van der Waals surface area (Å²) in [6, 6.07) is 6.95. The van der Waals surface area contributed by atoms with Crippen molar-refractivity contribution in [3.63, 3.8) is 0 Å². The van der Waals surface area contributed by atoms with Gasteiger partial charge in [-0.25, -0.2) is 0 Å². The van der Waals surface area contributed by atoms with Gasteiger partial charge in [0.25, 0.3) is 0 Å². The highest BCUT2D eigenvalue weighted by atomic mass is 79.9. The maximum Gasteiger partial charge on any atom is 0.0215 e. The molecule has 1 rings (SSSR count).